The van der Waals surface area contributed by atoms with Crippen LogP contribution in [0.25, 0.3) is 11.4 Å². The van der Waals surface area contributed by atoms with Crippen LogP contribution < -0.4 is 4.74 Å². The van der Waals surface area contributed by atoms with Crippen LogP contribution in [-0.4, -0.2) is 16.6 Å². The van der Waals surface area contributed by atoms with Gasteiger partial charge in [0.1, 0.15) is 0 Å². The van der Waals surface area contributed by atoms with Gasteiger partial charge < -0.3 is 4.74 Å². The van der Waals surface area contributed by atoms with Crippen molar-refractivity contribution in [3.8, 4) is 17.1 Å². The predicted molar refractivity (Wildman–Crippen MR) is 151 cm³/mol. The van der Waals surface area contributed by atoms with Crippen molar-refractivity contribution in [2.24, 2.45) is 0 Å². The van der Waals surface area contributed by atoms with Crippen molar-refractivity contribution in [2.45, 2.75) is 136 Å². The molecule has 0 fully saturated rings. The van der Waals surface area contributed by atoms with Crippen LogP contribution in [0, 0.1) is 0 Å². The monoisotopic (exact) mass is 480 g/mol. The van der Waals surface area contributed by atoms with Crippen molar-refractivity contribution in [1.29, 1.82) is 0 Å². The second-order valence-electron chi connectivity index (χ2n) is 10.2. The Morgan fingerprint density at radius 3 is 1.51 bits per heavy atom. The van der Waals surface area contributed by atoms with E-state index >= 15 is 0 Å². The summed E-state index contributed by atoms with van der Waals surface area (Å²) >= 11 is 0. The maximum Gasteiger partial charge on any atom is 0.159 e. The number of aromatic nitrogens is 2. The molecule has 0 radical (unpaired) electrons. The molecule has 1 aromatic carbocycles. The van der Waals surface area contributed by atoms with Gasteiger partial charge in [0.15, 0.2) is 11.6 Å². The Balaban J connectivity index is 1.55. The second kappa shape index (κ2) is 20.3. The standard InChI is InChI=1S/C32H52N2O/c1-3-5-7-9-11-13-15-17-19-21-29-22-24-30(25-23-29)32-33-27-31(28-34-32)35-26-20-18-16-14-12-10-8-6-4-2/h22-25,27-28H,3-21,26H2,1-2H3. The van der Waals surface area contributed by atoms with Crippen molar-refractivity contribution in [1.82, 2.24) is 9.97 Å². The van der Waals surface area contributed by atoms with E-state index < -0.39 is 0 Å². The smallest absolute Gasteiger partial charge is 0.159 e. The average molecular weight is 481 g/mol. The van der Waals surface area contributed by atoms with E-state index in [0.29, 0.717) is 0 Å². The highest BCUT2D eigenvalue weighted by Gasteiger charge is 2.03. The Morgan fingerprint density at radius 2 is 1.00 bits per heavy atom. The van der Waals surface area contributed by atoms with Crippen molar-refractivity contribution in [3.63, 3.8) is 0 Å². The average Bonchev–Trinajstić information content (AvgIpc) is 2.89. The predicted octanol–water partition coefficient (Wildman–Crippen LogP) is 10.1. The summed E-state index contributed by atoms with van der Waals surface area (Å²) in [6.45, 7) is 5.31. The highest BCUT2D eigenvalue weighted by Crippen LogP contribution is 2.19. The third kappa shape index (κ3) is 14.3. The van der Waals surface area contributed by atoms with Gasteiger partial charge >= 0.3 is 0 Å². The normalized spacial score (nSPS) is 11.1. The van der Waals surface area contributed by atoms with Gasteiger partial charge in [0.2, 0.25) is 0 Å². The number of unbranched alkanes of at least 4 members (excludes halogenated alkanes) is 16. The van der Waals surface area contributed by atoms with E-state index in [-0.39, 0.29) is 0 Å². The number of hydrogen-bond acceptors (Lipinski definition) is 3. The summed E-state index contributed by atoms with van der Waals surface area (Å²) in [5.41, 5.74) is 2.49. The molecule has 196 valence electrons. The molecule has 0 aliphatic heterocycles. The van der Waals surface area contributed by atoms with E-state index in [1.54, 1.807) is 0 Å². The molecule has 2 rings (SSSR count). The topological polar surface area (TPSA) is 35.0 Å². The highest BCUT2D eigenvalue weighted by molar-refractivity contribution is 5.55. The van der Waals surface area contributed by atoms with Crippen molar-refractivity contribution >= 4 is 0 Å². The van der Waals surface area contributed by atoms with Crippen LogP contribution in [0.2, 0.25) is 0 Å². The fourth-order valence-electron chi connectivity index (χ4n) is 4.60. The van der Waals surface area contributed by atoms with Gasteiger partial charge in [-0.1, -0.05) is 141 Å². The van der Waals surface area contributed by atoms with Gasteiger partial charge in [0.05, 0.1) is 19.0 Å². The molecule has 0 spiro atoms. The Bertz CT molecular complexity index is 726. The summed E-state index contributed by atoms with van der Waals surface area (Å²) in [6.07, 6.45) is 29.1. The van der Waals surface area contributed by atoms with Crippen LogP contribution in [-0.2, 0) is 6.42 Å². The molecule has 0 N–H and O–H groups in total. The lowest BCUT2D eigenvalue weighted by Gasteiger charge is -2.07. The number of hydrogen-bond donors (Lipinski definition) is 0. The van der Waals surface area contributed by atoms with Gasteiger partial charge in [-0.3, -0.25) is 0 Å². The van der Waals surface area contributed by atoms with Gasteiger partial charge in [-0.25, -0.2) is 9.97 Å². The summed E-state index contributed by atoms with van der Waals surface area (Å²) in [5, 5.41) is 0. The summed E-state index contributed by atoms with van der Waals surface area (Å²) in [6, 6.07) is 8.78. The third-order valence-corrected chi connectivity index (χ3v) is 6.93. The third-order valence-electron chi connectivity index (χ3n) is 6.93. The summed E-state index contributed by atoms with van der Waals surface area (Å²) in [4.78, 5) is 9.06. The first-order valence-electron chi connectivity index (χ1n) is 14.9. The Morgan fingerprint density at radius 1 is 0.543 bits per heavy atom. The molecule has 1 aromatic heterocycles. The zero-order valence-electron chi connectivity index (χ0n) is 22.9. The van der Waals surface area contributed by atoms with Crippen LogP contribution in [0.5, 0.6) is 5.75 Å². The molecule has 0 atom stereocenters. The fourth-order valence-corrected chi connectivity index (χ4v) is 4.60. The van der Waals surface area contributed by atoms with E-state index in [4.69, 9.17) is 4.74 Å². The molecule has 0 saturated heterocycles. The van der Waals surface area contributed by atoms with Crippen LogP contribution in [0.1, 0.15) is 135 Å². The van der Waals surface area contributed by atoms with E-state index in [1.165, 1.54) is 121 Å². The molecule has 3 heteroatoms. The minimum atomic E-state index is 0.756. The molecule has 3 nitrogen and oxygen atoms in total. The lowest BCUT2D eigenvalue weighted by Crippen LogP contribution is -1.99. The molecule has 0 aliphatic rings. The number of nitrogens with zero attached hydrogens (tertiary/aromatic N) is 2. The quantitative estimate of drug-likeness (QED) is 0.157. The van der Waals surface area contributed by atoms with E-state index in [0.717, 1.165) is 30.2 Å². The maximum atomic E-state index is 5.85. The first-order chi connectivity index (χ1) is 17.3. The molecule has 0 unspecified atom stereocenters. The van der Waals surface area contributed by atoms with Gasteiger partial charge in [-0.05, 0) is 24.8 Å². The zero-order valence-corrected chi connectivity index (χ0v) is 22.9. The molecular formula is C32H52N2O. The van der Waals surface area contributed by atoms with Crippen LogP contribution >= 0.6 is 0 Å². The fraction of sp³-hybridized carbons (Fsp3) is 0.688. The van der Waals surface area contributed by atoms with E-state index in [9.17, 15) is 0 Å². The SMILES string of the molecule is CCCCCCCCCCCOc1cnc(-c2ccc(CCCCCCCCCCC)cc2)nc1. The lowest BCUT2D eigenvalue weighted by atomic mass is 10.0. The largest absolute Gasteiger partial charge is 0.490 e. The minimum absolute atomic E-state index is 0.756. The van der Waals surface area contributed by atoms with Gasteiger partial charge in [0.25, 0.3) is 0 Å². The molecule has 1 heterocycles. The van der Waals surface area contributed by atoms with Crippen LogP contribution in [0.4, 0.5) is 0 Å². The molecule has 0 bridgehead atoms. The van der Waals surface area contributed by atoms with Crippen molar-refractivity contribution < 1.29 is 4.74 Å². The van der Waals surface area contributed by atoms with E-state index in [1.807, 2.05) is 12.4 Å². The van der Waals surface area contributed by atoms with Gasteiger partial charge in [-0.2, -0.15) is 0 Å². The Kier molecular flexibility index (Phi) is 17.0. The number of rotatable bonds is 22. The summed E-state index contributed by atoms with van der Waals surface area (Å²) < 4.78 is 5.85. The number of aryl methyl sites for hydroxylation is 1. The molecule has 0 amide bonds. The van der Waals surface area contributed by atoms with Crippen molar-refractivity contribution in [3.05, 3.63) is 42.2 Å². The van der Waals surface area contributed by atoms with Crippen LogP contribution in [0.3, 0.4) is 0 Å². The first kappa shape index (κ1) is 29.3. The second-order valence-corrected chi connectivity index (χ2v) is 10.2. The van der Waals surface area contributed by atoms with Gasteiger partial charge in [0, 0.05) is 5.56 Å². The lowest BCUT2D eigenvalue weighted by molar-refractivity contribution is 0.302. The molecule has 2 aromatic rings. The molecule has 35 heavy (non-hydrogen) atoms. The number of benzene rings is 1. The molecule has 0 aliphatic carbocycles. The summed E-state index contributed by atoms with van der Waals surface area (Å²) in [5.74, 6) is 1.55. The first-order valence-corrected chi connectivity index (χ1v) is 14.9. The summed E-state index contributed by atoms with van der Waals surface area (Å²) in [7, 11) is 0. The Labute approximate surface area is 216 Å². The molecule has 0 saturated carbocycles. The van der Waals surface area contributed by atoms with E-state index in [2.05, 4.69) is 48.1 Å². The molecular weight excluding hydrogens is 428 g/mol. The van der Waals surface area contributed by atoms with Crippen LogP contribution in [0.15, 0.2) is 36.7 Å². The Hall–Kier alpha value is -1.90. The van der Waals surface area contributed by atoms with Gasteiger partial charge in [-0.15, -0.1) is 0 Å². The zero-order chi connectivity index (χ0) is 24.8. The highest BCUT2D eigenvalue weighted by atomic mass is 16.5. The van der Waals surface area contributed by atoms with Crippen molar-refractivity contribution in [2.75, 3.05) is 6.61 Å². The minimum Gasteiger partial charge on any atom is -0.490 e. The number of ether oxygens (including phenoxy) is 1. The maximum absolute atomic E-state index is 5.85.